The minimum atomic E-state index is -0.197. The molecule has 1 aromatic carbocycles. The number of para-hydroxylation sites is 1. The maximum Gasteiger partial charge on any atom is 0.273 e. The molecule has 0 spiro atoms. The number of rotatable bonds is 5. The first kappa shape index (κ1) is 15.4. The number of aromatic nitrogens is 3. The quantitative estimate of drug-likeness (QED) is 0.778. The molecule has 118 valence electrons. The fourth-order valence-corrected chi connectivity index (χ4v) is 2.88. The molecular formula is C16H16N4O2S. The molecule has 0 atom stereocenters. The number of hydrogen-bond donors (Lipinski definition) is 1. The summed E-state index contributed by atoms with van der Waals surface area (Å²) < 4.78 is 1.77. The van der Waals surface area contributed by atoms with Crippen molar-refractivity contribution in [3.8, 4) is 16.3 Å². The van der Waals surface area contributed by atoms with Crippen molar-refractivity contribution in [1.82, 2.24) is 19.7 Å². The summed E-state index contributed by atoms with van der Waals surface area (Å²) in [5.41, 5.74) is 2.21. The Balaban J connectivity index is 1.81. The van der Waals surface area contributed by atoms with Gasteiger partial charge < -0.3 is 10.0 Å². The third-order valence-corrected chi connectivity index (χ3v) is 4.25. The topological polar surface area (TPSA) is 71.2 Å². The minimum absolute atomic E-state index is 0.0664. The second-order valence-corrected chi connectivity index (χ2v) is 5.86. The van der Waals surface area contributed by atoms with Crippen LogP contribution in [0.15, 0.2) is 48.1 Å². The van der Waals surface area contributed by atoms with E-state index in [2.05, 4.69) is 10.1 Å². The fourth-order valence-electron chi connectivity index (χ4n) is 2.11. The summed E-state index contributed by atoms with van der Waals surface area (Å²) in [6.07, 6.45) is 3.62. The molecule has 6 nitrogen and oxygen atoms in total. The summed E-state index contributed by atoms with van der Waals surface area (Å²) >= 11 is 1.40. The highest BCUT2D eigenvalue weighted by Crippen LogP contribution is 2.24. The highest BCUT2D eigenvalue weighted by Gasteiger charge is 2.16. The predicted octanol–water partition coefficient (Wildman–Crippen LogP) is 2.06. The molecule has 1 N–H and O–H groups in total. The van der Waals surface area contributed by atoms with Crippen molar-refractivity contribution in [1.29, 1.82) is 0 Å². The number of aliphatic hydroxyl groups is 1. The van der Waals surface area contributed by atoms with Gasteiger partial charge in [-0.25, -0.2) is 9.67 Å². The van der Waals surface area contributed by atoms with E-state index in [1.54, 1.807) is 23.3 Å². The van der Waals surface area contributed by atoms with Gasteiger partial charge in [-0.15, -0.1) is 11.3 Å². The van der Waals surface area contributed by atoms with Crippen LogP contribution >= 0.6 is 11.3 Å². The SMILES string of the molecule is CN(CCO)C(=O)c1csc(-c2cnn(-c3ccccc3)c2)n1. The summed E-state index contributed by atoms with van der Waals surface area (Å²) in [7, 11) is 1.64. The Morgan fingerprint density at radius 1 is 1.35 bits per heavy atom. The lowest BCUT2D eigenvalue weighted by Gasteiger charge is -2.13. The van der Waals surface area contributed by atoms with Gasteiger partial charge in [-0.2, -0.15) is 5.10 Å². The van der Waals surface area contributed by atoms with E-state index < -0.39 is 0 Å². The van der Waals surface area contributed by atoms with Crippen LogP contribution in [0.5, 0.6) is 0 Å². The third kappa shape index (κ3) is 3.30. The molecule has 3 rings (SSSR count). The smallest absolute Gasteiger partial charge is 0.273 e. The van der Waals surface area contributed by atoms with Crippen molar-refractivity contribution in [3.63, 3.8) is 0 Å². The van der Waals surface area contributed by atoms with E-state index in [-0.39, 0.29) is 19.1 Å². The average Bonchev–Trinajstić information content (AvgIpc) is 3.24. The van der Waals surface area contributed by atoms with Crippen molar-refractivity contribution < 1.29 is 9.90 Å². The Labute approximate surface area is 137 Å². The number of carbonyl (C=O) groups excluding carboxylic acids is 1. The maximum absolute atomic E-state index is 12.1. The van der Waals surface area contributed by atoms with E-state index in [1.807, 2.05) is 36.5 Å². The number of likely N-dealkylation sites (N-methyl/N-ethyl adjacent to an activating group) is 1. The second-order valence-electron chi connectivity index (χ2n) is 5.00. The lowest BCUT2D eigenvalue weighted by molar-refractivity contribution is 0.0762. The Kier molecular flexibility index (Phi) is 4.50. The largest absolute Gasteiger partial charge is 0.395 e. The van der Waals surface area contributed by atoms with E-state index in [0.717, 1.165) is 16.3 Å². The first-order chi connectivity index (χ1) is 11.2. The Bertz CT molecular complexity index is 797. The number of aliphatic hydroxyl groups excluding tert-OH is 1. The van der Waals surface area contributed by atoms with E-state index in [4.69, 9.17) is 5.11 Å². The Hall–Kier alpha value is -2.51. The predicted molar refractivity (Wildman–Crippen MR) is 88.7 cm³/mol. The van der Waals surface area contributed by atoms with Crippen LogP contribution in [0, 0.1) is 0 Å². The molecule has 0 saturated heterocycles. The highest BCUT2D eigenvalue weighted by atomic mass is 32.1. The van der Waals surface area contributed by atoms with Crippen LogP contribution in [0.4, 0.5) is 0 Å². The summed E-state index contributed by atoms with van der Waals surface area (Å²) in [5.74, 6) is -0.197. The van der Waals surface area contributed by atoms with Gasteiger partial charge in [-0.3, -0.25) is 4.79 Å². The zero-order valence-corrected chi connectivity index (χ0v) is 13.4. The molecule has 3 aromatic rings. The number of benzene rings is 1. The number of carbonyl (C=O) groups is 1. The highest BCUT2D eigenvalue weighted by molar-refractivity contribution is 7.13. The summed E-state index contributed by atoms with van der Waals surface area (Å²) in [6.45, 7) is 0.223. The van der Waals surface area contributed by atoms with Gasteiger partial charge >= 0.3 is 0 Å². The molecule has 0 fully saturated rings. The number of hydrogen-bond acceptors (Lipinski definition) is 5. The molecule has 0 bridgehead atoms. The van der Waals surface area contributed by atoms with Gasteiger partial charge in [0.2, 0.25) is 0 Å². The monoisotopic (exact) mass is 328 g/mol. The summed E-state index contributed by atoms with van der Waals surface area (Å²) in [4.78, 5) is 18.0. The second kappa shape index (κ2) is 6.72. The first-order valence-corrected chi connectivity index (χ1v) is 7.99. The molecule has 0 aliphatic rings. The third-order valence-electron chi connectivity index (χ3n) is 3.36. The maximum atomic E-state index is 12.1. The zero-order chi connectivity index (χ0) is 16.2. The van der Waals surface area contributed by atoms with Gasteiger partial charge in [0, 0.05) is 30.7 Å². The van der Waals surface area contributed by atoms with Gasteiger partial charge in [0.05, 0.1) is 18.5 Å². The molecule has 0 saturated carbocycles. The van der Waals surface area contributed by atoms with Crippen LogP contribution < -0.4 is 0 Å². The Morgan fingerprint density at radius 3 is 2.87 bits per heavy atom. The van der Waals surface area contributed by atoms with Gasteiger partial charge in [0.25, 0.3) is 5.91 Å². The lowest BCUT2D eigenvalue weighted by atomic mass is 10.3. The van der Waals surface area contributed by atoms with E-state index in [0.29, 0.717) is 5.69 Å². The average molecular weight is 328 g/mol. The van der Waals surface area contributed by atoms with E-state index in [1.165, 1.54) is 16.2 Å². The van der Waals surface area contributed by atoms with Crippen LogP contribution in [0.25, 0.3) is 16.3 Å². The Morgan fingerprint density at radius 2 is 2.13 bits per heavy atom. The lowest BCUT2D eigenvalue weighted by Crippen LogP contribution is -2.29. The molecular weight excluding hydrogens is 312 g/mol. The van der Waals surface area contributed by atoms with Crippen molar-refractivity contribution in [2.75, 3.05) is 20.2 Å². The molecule has 0 aliphatic heterocycles. The standard InChI is InChI=1S/C16H16N4O2S/c1-19(7-8-21)16(22)14-11-23-15(18-14)12-9-17-20(10-12)13-5-3-2-4-6-13/h2-6,9-11,21H,7-8H2,1H3. The summed E-state index contributed by atoms with van der Waals surface area (Å²) in [5, 5.41) is 15.7. The molecule has 0 radical (unpaired) electrons. The molecule has 0 aliphatic carbocycles. The van der Waals surface area contributed by atoms with Gasteiger partial charge in [-0.1, -0.05) is 18.2 Å². The number of amides is 1. The van der Waals surface area contributed by atoms with E-state index >= 15 is 0 Å². The molecule has 2 aromatic heterocycles. The minimum Gasteiger partial charge on any atom is -0.395 e. The van der Waals surface area contributed by atoms with Gasteiger partial charge in [-0.05, 0) is 12.1 Å². The number of nitrogens with zero attached hydrogens (tertiary/aromatic N) is 4. The van der Waals surface area contributed by atoms with Crippen LogP contribution in [-0.4, -0.2) is 50.9 Å². The van der Waals surface area contributed by atoms with Crippen molar-refractivity contribution in [2.24, 2.45) is 0 Å². The van der Waals surface area contributed by atoms with Crippen LogP contribution in [-0.2, 0) is 0 Å². The van der Waals surface area contributed by atoms with Crippen LogP contribution in [0.1, 0.15) is 10.5 Å². The fraction of sp³-hybridized carbons (Fsp3) is 0.188. The molecule has 2 heterocycles. The van der Waals surface area contributed by atoms with Gasteiger partial charge in [0.1, 0.15) is 10.7 Å². The summed E-state index contributed by atoms with van der Waals surface area (Å²) in [6, 6.07) is 9.80. The normalized spacial score (nSPS) is 10.7. The molecule has 1 amide bonds. The zero-order valence-electron chi connectivity index (χ0n) is 12.6. The van der Waals surface area contributed by atoms with Crippen molar-refractivity contribution in [3.05, 3.63) is 53.8 Å². The van der Waals surface area contributed by atoms with E-state index in [9.17, 15) is 4.79 Å². The molecule has 23 heavy (non-hydrogen) atoms. The van der Waals surface area contributed by atoms with Crippen molar-refractivity contribution in [2.45, 2.75) is 0 Å². The van der Waals surface area contributed by atoms with Crippen LogP contribution in [0.3, 0.4) is 0 Å². The van der Waals surface area contributed by atoms with Crippen LogP contribution in [0.2, 0.25) is 0 Å². The van der Waals surface area contributed by atoms with Gasteiger partial charge in [0.15, 0.2) is 0 Å². The molecule has 0 unspecified atom stereocenters. The molecule has 7 heteroatoms. The number of thiazole rings is 1. The first-order valence-electron chi connectivity index (χ1n) is 7.11. The van der Waals surface area contributed by atoms with Crippen molar-refractivity contribution >= 4 is 17.2 Å².